The summed E-state index contributed by atoms with van der Waals surface area (Å²) in [4.78, 5) is 11.8. The SMILES string of the molecule is CCC(CC)(CC)C(=O)NCCN. The lowest BCUT2D eigenvalue weighted by Crippen LogP contribution is -2.41. The minimum absolute atomic E-state index is 0.158. The smallest absolute Gasteiger partial charge is 0.226 e. The Morgan fingerprint density at radius 1 is 1.23 bits per heavy atom. The third kappa shape index (κ3) is 2.99. The fourth-order valence-corrected chi connectivity index (χ4v) is 1.60. The number of hydrogen-bond donors (Lipinski definition) is 2. The van der Waals surface area contributed by atoms with E-state index in [0.717, 1.165) is 19.3 Å². The number of hydrogen-bond acceptors (Lipinski definition) is 2. The van der Waals surface area contributed by atoms with Gasteiger partial charge in [0, 0.05) is 18.5 Å². The lowest BCUT2D eigenvalue weighted by atomic mass is 9.79. The molecule has 0 heterocycles. The van der Waals surface area contributed by atoms with E-state index in [-0.39, 0.29) is 11.3 Å². The Kier molecular flexibility index (Phi) is 5.71. The highest BCUT2D eigenvalue weighted by Crippen LogP contribution is 2.30. The van der Waals surface area contributed by atoms with Crippen molar-refractivity contribution in [3.8, 4) is 0 Å². The second kappa shape index (κ2) is 5.97. The van der Waals surface area contributed by atoms with Crippen molar-refractivity contribution >= 4 is 5.91 Å². The summed E-state index contributed by atoms with van der Waals surface area (Å²) in [6, 6.07) is 0. The van der Waals surface area contributed by atoms with Crippen molar-refractivity contribution in [2.24, 2.45) is 11.1 Å². The zero-order chi connectivity index (χ0) is 10.3. The number of nitrogens with two attached hydrogens (primary N) is 1. The summed E-state index contributed by atoms with van der Waals surface area (Å²) in [5.41, 5.74) is 5.16. The molecule has 0 saturated carbocycles. The number of carbonyl (C=O) groups excluding carboxylic acids is 1. The fourth-order valence-electron chi connectivity index (χ4n) is 1.60. The molecule has 1 amide bonds. The van der Waals surface area contributed by atoms with E-state index >= 15 is 0 Å². The van der Waals surface area contributed by atoms with Gasteiger partial charge in [-0.3, -0.25) is 4.79 Å². The zero-order valence-corrected chi connectivity index (χ0v) is 9.02. The van der Waals surface area contributed by atoms with Crippen LogP contribution in [0.1, 0.15) is 40.0 Å². The van der Waals surface area contributed by atoms with Crippen LogP contribution < -0.4 is 11.1 Å². The highest BCUT2D eigenvalue weighted by molar-refractivity contribution is 5.82. The Balaban J connectivity index is 4.26. The lowest BCUT2D eigenvalue weighted by Gasteiger charge is -2.28. The first-order chi connectivity index (χ1) is 6.16. The largest absolute Gasteiger partial charge is 0.354 e. The van der Waals surface area contributed by atoms with Crippen LogP contribution in [-0.2, 0) is 4.79 Å². The van der Waals surface area contributed by atoms with E-state index in [2.05, 4.69) is 26.1 Å². The number of amides is 1. The van der Waals surface area contributed by atoms with Crippen LogP contribution in [0.5, 0.6) is 0 Å². The molecule has 0 fully saturated rings. The van der Waals surface area contributed by atoms with E-state index in [9.17, 15) is 4.79 Å². The number of nitrogens with one attached hydrogen (secondary N) is 1. The summed E-state index contributed by atoms with van der Waals surface area (Å²) < 4.78 is 0. The molecule has 13 heavy (non-hydrogen) atoms. The minimum Gasteiger partial charge on any atom is -0.354 e. The minimum atomic E-state index is -0.171. The molecule has 0 saturated heterocycles. The predicted molar refractivity (Wildman–Crippen MR) is 55.4 cm³/mol. The molecule has 0 aliphatic heterocycles. The molecular formula is C10H22N2O. The van der Waals surface area contributed by atoms with Crippen molar-refractivity contribution in [1.29, 1.82) is 0 Å². The maximum absolute atomic E-state index is 11.8. The van der Waals surface area contributed by atoms with Gasteiger partial charge in [-0.1, -0.05) is 20.8 Å². The van der Waals surface area contributed by atoms with E-state index in [4.69, 9.17) is 5.73 Å². The Morgan fingerprint density at radius 2 is 1.69 bits per heavy atom. The molecule has 0 atom stereocenters. The Morgan fingerprint density at radius 3 is 2.00 bits per heavy atom. The molecule has 0 aliphatic rings. The molecule has 3 nitrogen and oxygen atoms in total. The fraction of sp³-hybridized carbons (Fsp3) is 0.900. The number of rotatable bonds is 6. The predicted octanol–water partition coefficient (Wildman–Crippen LogP) is 1.28. The molecule has 3 heteroatoms. The van der Waals surface area contributed by atoms with E-state index in [1.165, 1.54) is 0 Å². The third-order valence-corrected chi connectivity index (χ3v) is 2.94. The average Bonchev–Trinajstić information content (AvgIpc) is 2.18. The molecule has 0 unspecified atom stereocenters. The van der Waals surface area contributed by atoms with Gasteiger partial charge in [0.2, 0.25) is 5.91 Å². The molecule has 0 bridgehead atoms. The van der Waals surface area contributed by atoms with Crippen molar-refractivity contribution in [2.75, 3.05) is 13.1 Å². The van der Waals surface area contributed by atoms with Crippen LogP contribution in [0.3, 0.4) is 0 Å². The normalized spacial score (nSPS) is 11.4. The number of carbonyl (C=O) groups is 1. The van der Waals surface area contributed by atoms with Gasteiger partial charge in [0.1, 0.15) is 0 Å². The summed E-state index contributed by atoms with van der Waals surface area (Å²) in [6.45, 7) is 7.29. The molecule has 0 spiro atoms. The van der Waals surface area contributed by atoms with Gasteiger partial charge in [-0.15, -0.1) is 0 Å². The molecule has 0 aromatic carbocycles. The van der Waals surface area contributed by atoms with Crippen LogP contribution in [0.2, 0.25) is 0 Å². The summed E-state index contributed by atoms with van der Waals surface area (Å²) in [7, 11) is 0. The second-order valence-electron chi connectivity index (χ2n) is 3.39. The summed E-state index contributed by atoms with van der Waals surface area (Å²) >= 11 is 0. The van der Waals surface area contributed by atoms with Crippen LogP contribution >= 0.6 is 0 Å². The van der Waals surface area contributed by atoms with E-state index < -0.39 is 0 Å². The second-order valence-corrected chi connectivity index (χ2v) is 3.39. The summed E-state index contributed by atoms with van der Waals surface area (Å²) in [5, 5.41) is 2.86. The standard InChI is InChI=1S/C10H22N2O/c1-4-10(5-2,6-3)9(13)12-8-7-11/h4-8,11H2,1-3H3,(H,12,13). The van der Waals surface area contributed by atoms with Gasteiger partial charge >= 0.3 is 0 Å². The molecule has 0 aromatic rings. The first kappa shape index (κ1) is 12.4. The zero-order valence-electron chi connectivity index (χ0n) is 9.02. The van der Waals surface area contributed by atoms with Crippen LogP contribution in [0.4, 0.5) is 0 Å². The van der Waals surface area contributed by atoms with Crippen molar-refractivity contribution < 1.29 is 4.79 Å². The average molecular weight is 186 g/mol. The first-order valence-corrected chi connectivity index (χ1v) is 5.15. The van der Waals surface area contributed by atoms with Crippen LogP contribution in [0.25, 0.3) is 0 Å². The molecule has 0 radical (unpaired) electrons. The van der Waals surface area contributed by atoms with Crippen molar-refractivity contribution in [2.45, 2.75) is 40.0 Å². The van der Waals surface area contributed by atoms with Gasteiger partial charge in [0.25, 0.3) is 0 Å². The Hall–Kier alpha value is -0.570. The van der Waals surface area contributed by atoms with E-state index in [0.29, 0.717) is 13.1 Å². The van der Waals surface area contributed by atoms with Gasteiger partial charge in [-0.25, -0.2) is 0 Å². The van der Waals surface area contributed by atoms with Crippen LogP contribution in [0, 0.1) is 5.41 Å². The monoisotopic (exact) mass is 186 g/mol. The van der Waals surface area contributed by atoms with Gasteiger partial charge in [-0.2, -0.15) is 0 Å². The summed E-state index contributed by atoms with van der Waals surface area (Å²) in [5.74, 6) is 0.158. The summed E-state index contributed by atoms with van der Waals surface area (Å²) in [6.07, 6.45) is 2.70. The van der Waals surface area contributed by atoms with Gasteiger partial charge in [0.05, 0.1) is 0 Å². The molecule has 0 aliphatic carbocycles. The molecule has 78 valence electrons. The topological polar surface area (TPSA) is 55.1 Å². The highest BCUT2D eigenvalue weighted by Gasteiger charge is 2.32. The van der Waals surface area contributed by atoms with E-state index in [1.54, 1.807) is 0 Å². The molecular weight excluding hydrogens is 164 g/mol. The van der Waals surface area contributed by atoms with Crippen molar-refractivity contribution in [3.63, 3.8) is 0 Å². The molecule has 0 rings (SSSR count). The quantitative estimate of drug-likeness (QED) is 0.656. The maximum atomic E-state index is 11.8. The van der Waals surface area contributed by atoms with Crippen LogP contribution in [-0.4, -0.2) is 19.0 Å². The third-order valence-electron chi connectivity index (χ3n) is 2.94. The van der Waals surface area contributed by atoms with Gasteiger partial charge in [-0.05, 0) is 19.3 Å². The van der Waals surface area contributed by atoms with Gasteiger partial charge in [0.15, 0.2) is 0 Å². The van der Waals surface area contributed by atoms with Crippen LogP contribution in [0.15, 0.2) is 0 Å². The lowest BCUT2D eigenvalue weighted by molar-refractivity contribution is -0.131. The first-order valence-electron chi connectivity index (χ1n) is 5.15. The molecule has 3 N–H and O–H groups in total. The van der Waals surface area contributed by atoms with Gasteiger partial charge < -0.3 is 11.1 Å². The van der Waals surface area contributed by atoms with Crippen molar-refractivity contribution in [1.82, 2.24) is 5.32 Å². The molecule has 0 aromatic heterocycles. The Bertz CT molecular complexity index is 145. The maximum Gasteiger partial charge on any atom is 0.226 e. The van der Waals surface area contributed by atoms with E-state index in [1.807, 2.05) is 0 Å². The Labute approximate surface area is 81.1 Å². The highest BCUT2D eigenvalue weighted by atomic mass is 16.2. The van der Waals surface area contributed by atoms with Crippen molar-refractivity contribution in [3.05, 3.63) is 0 Å².